The molecule has 3 heteroatoms. The molecule has 1 aliphatic rings. The fourth-order valence-corrected chi connectivity index (χ4v) is 2.83. The summed E-state index contributed by atoms with van der Waals surface area (Å²) in [5, 5.41) is 3.07. The van der Waals surface area contributed by atoms with Crippen LogP contribution in [0.25, 0.3) is 0 Å². The van der Waals surface area contributed by atoms with E-state index in [1.54, 1.807) is 0 Å². The summed E-state index contributed by atoms with van der Waals surface area (Å²) in [5.41, 5.74) is 3.07. The van der Waals surface area contributed by atoms with Gasteiger partial charge in [0, 0.05) is 12.1 Å². The molecule has 0 atom stereocenters. The van der Waals surface area contributed by atoms with E-state index >= 15 is 0 Å². The lowest BCUT2D eigenvalue weighted by atomic mass is 9.94. The van der Waals surface area contributed by atoms with Crippen molar-refractivity contribution in [1.82, 2.24) is 10.2 Å². The minimum atomic E-state index is 0.0686. The minimum absolute atomic E-state index is 0.0686. The van der Waals surface area contributed by atoms with Crippen LogP contribution in [0.5, 0.6) is 0 Å². The maximum Gasteiger partial charge on any atom is 0.251 e. The van der Waals surface area contributed by atoms with E-state index in [1.165, 1.54) is 31.5 Å². The number of likely N-dealkylation sites (tertiary alicyclic amines) is 1. The first-order chi connectivity index (χ1) is 9.58. The molecule has 0 spiro atoms. The molecule has 1 amide bonds. The number of rotatable bonds is 4. The van der Waals surface area contributed by atoms with Gasteiger partial charge in [0.25, 0.3) is 5.91 Å². The highest BCUT2D eigenvalue weighted by Gasteiger charge is 2.17. The number of piperidine rings is 1. The predicted octanol–water partition coefficient (Wildman–Crippen LogP) is 2.77. The molecule has 2 rings (SSSR count). The monoisotopic (exact) mass is 274 g/mol. The summed E-state index contributed by atoms with van der Waals surface area (Å²) in [6, 6.07) is 5.91. The molecule has 1 fully saturated rings. The van der Waals surface area contributed by atoms with Crippen LogP contribution in [0.15, 0.2) is 18.2 Å². The molecular weight excluding hydrogens is 248 g/mol. The SMILES string of the molecule is Cc1cccc(C(=O)NCCC2CCN(C)CC2)c1C. The highest BCUT2D eigenvalue weighted by molar-refractivity contribution is 5.95. The molecule has 0 bridgehead atoms. The molecule has 1 aliphatic heterocycles. The molecule has 0 saturated carbocycles. The summed E-state index contributed by atoms with van der Waals surface area (Å²) in [5.74, 6) is 0.837. The second-order valence-electron chi connectivity index (χ2n) is 6.04. The second-order valence-corrected chi connectivity index (χ2v) is 6.04. The van der Waals surface area contributed by atoms with Crippen molar-refractivity contribution in [3.63, 3.8) is 0 Å². The molecule has 0 aromatic heterocycles. The first kappa shape index (κ1) is 15.0. The number of hydrogen-bond donors (Lipinski definition) is 1. The van der Waals surface area contributed by atoms with Crippen LogP contribution in [0.4, 0.5) is 0 Å². The molecule has 1 aromatic rings. The standard InChI is InChI=1S/C17H26N2O/c1-13-5-4-6-16(14(13)2)17(20)18-10-7-15-8-11-19(3)12-9-15/h4-6,15H,7-12H2,1-3H3,(H,18,20). The van der Waals surface area contributed by atoms with Crippen molar-refractivity contribution in [2.75, 3.05) is 26.7 Å². The van der Waals surface area contributed by atoms with Crippen LogP contribution < -0.4 is 5.32 Å². The average Bonchev–Trinajstić information content (AvgIpc) is 2.44. The third-order valence-electron chi connectivity index (χ3n) is 4.53. The van der Waals surface area contributed by atoms with Gasteiger partial charge in [0.05, 0.1) is 0 Å². The van der Waals surface area contributed by atoms with Gasteiger partial charge in [-0.25, -0.2) is 0 Å². The predicted molar refractivity (Wildman–Crippen MR) is 83.1 cm³/mol. The Bertz CT molecular complexity index is 462. The number of hydrogen-bond acceptors (Lipinski definition) is 2. The first-order valence-corrected chi connectivity index (χ1v) is 7.61. The van der Waals surface area contributed by atoms with Crippen molar-refractivity contribution < 1.29 is 4.79 Å². The number of benzene rings is 1. The topological polar surface area (TPSA) is 32.3 Å². The fourth-order valence-electron chi connectivity index (χ4n) is 2.83. The third-order valence-corrected chi connectivity index (χ3v) is 4.53. The Morgan fingerprint density at radius 1 is 1.30 bits per heavy atom. The maximum absolute atomic E-state index is 12.2. The van der Waals surface area contributed by atoms with E-state index in [4.69, 9.17) is 0 Å². The van der Waals surface area contributed by atoms with Crippen molar-refractivity contribution in [2.24, 2.45) is 5.92 Å². The van der Waals surface area contributed by atoms with E-state index in [-0.39, 0.29) is 5.91 Å². The summed E-state index contributed by atoms with van der Waals surface area (Å²) < 4.78 is 0. The van der Waals surface area contributed by atoms with Crippen LogP contribution in [0.3, 0.4) is 0 Å². The van der Waals surface area contributed by atoms with Crippen molar-refractivity contribution in [3.8, 4) is 0 Å². The molecule has 110 valence electrons. The van der Waals surface area contributed by atoms with Crippen LogP contribution in [0.1, 0.15) is 40.7 Å². The molecule has 0 aliphatic carbocycles. The molecule has 1 heterocycles. The summed E-state index contributed by atoms with van der Waals surface area (Å²) in [7, 11) is 2.18. The number of aryl methyl sites for hydroxylation is 1. The normalized spacial score (nSPS) is 17.1. The van der Waals surface area contributed by atoms with E-state index in [0.717, 1.165) is 30.0 Å². The van der Waals surface area contributed by atoms with Crippen LogP contribution >= 0.6 is 0 Å². The van der Waals surface area contributed by atoms with Crippen LogP contribution in [-0.4, -0.2) is 37.5 Å². The molecule has 0 radical (unpaired) electrons. The van der Waals surface area contributed by atoms with E-state index in [2.05, 4.69) is 17.3 Å². The van der Waals surface area contributed by atoms with Gasteiger partial charge in [-0.3, -0.25) is 4.79 Å². The van der Waals surface area contributed by atoms with Gasteiger partial charge in [0.1, 0.15) is 0 Å². The summed E-state index contributed by atoms with van der Waals surface area (Å²) in [6.45, 7) is 7.23. The van der Waals surface area contributed by atoms with Crippen molar-refractivity contribution in [1.29, 1.82) is 0 Å². The summed E-state index contributed by atoms with van der Waals surface area (Å²) in [4.78, 5) is 14.6. The Labute approximate surface area is 122 Å². The van der Waals surface area contributed by atoms with E-state index in [0.29, 0.717) is 0 Å². The first-order valence-electron chi connectivity index (χ1n) is 7.61. The van der Waals surface area contributed by atoms with Crippen molar-refractivity contribution in [2.45, 2.75) is 33.1 Å². The van der Waals surface area contributed by atoms with Gasteiger partial charge in [0.2, 0.25) is 0 Å². The van der Waals surface area contributed by atoms with Gasteiger partial charge in [-0.15, -0.1) is 0 Å². The summed E-state index contributed by atoms with van der Waals surface area (Å²) >= 11 is 0. The minimum Gasteiger partial charge on any atom is -0.352 e. The number of carbonyl (C=O) groups excluding carboxylic acids is 1. The molecular formula is C17H26N2O. The zero-order valence-electron chi connectivity index (χ0n) is 12.9. The van der Waals surface area contributed by atoms with Crippen LogP contribution in [-0.2, 0) is 0 Å². The lowest BCUT2D eigenvalue weighted by molar-refractivity contribution is 0.0948. The van der Waals surface area contributed by atoms with Gasteiger partial charge in [-0.05, 0) is 76.4 Å². The Hall–Kier alpha value is -1.35. The largest absolute Gasteiger partial charge is 0.352 e. The van der Waals surface area contributed by atoms with Crippen molar-refractivity contribution in [3.05, 3.63) is 34.9 Å². The summed E-state index contributed by atoms with van der Waals surface area (Å²) in [6.07, 6.45) is 3.62. The fraction of sp³-hybridized carbons (Fsp3) is 0.588. The number of amides is 1. The van der Waals surface area contributed by atoms with E-state index in [1.807, 2.05) is 32.0 Å². The Morgan fingerprint density at radius 2 is 2.00 bits per heavy atom. The highest BCUT2D eigenvalue weighted by Crippen LogP contribution is 2.19. The molecule has 1 aromatic carbocycles. The lowest BCUT2D eigenvalue weighted by Gasteiger charge is -2.28. The number of carbonyl (C=O) groups is 1. The van der Waals surface area contributed by atoms with Crippen molar-refractivity contribution >= 4 is 5.91 Å². The second kappa shape index (κ2) is 6.89. The molecule has 20 heavy (non-hydrogen) atoms. The molecule has 0 unspecified atom stereocenters. The van der Waals surface area contributed by atoms with E-state index in [9.17, 15) is 4.79 Å². The average molecular weight is 274 g/mol. The van der Waals surface area contributed by atoms with Gasteiger partial charge >= 0.3 is 0 Å². The Balaban J connectivity index is 1.79. The lowest BCUT2D eigenvalue weighted by Crippen LogP contribution is -2.32. The molecule has 1 N–H and O–H groups in total. The number of nitrogens with zero attached hydrogens (tertiary/aromatic N) is 1. The maximum atomic E-state index is 12.2. The number of nitrogens with one attached hydrogen (secondary N) is 1. The zero-order valence-corrected chi connectivity index (χ0v) is 12.9. The van der Waals surface area contributed by atoms with Crippen LogP contribution in [0.2, 0.25) is 0 Å². The Morgan fingerprint density at radius 3 is 2.70 bits per heavy atom. The highest BCUT2D eigenvalue weighted by atomic mass is 16.1. The molecule has 1 saturated heterocycles. The zero-order chi connectivity index (χ0) is 14.5. The third kappa shape index (κ3) is 3.83. The smallest absolute Gasteiger partial charge is 0.251 e. The van der Waals surface area contributed by atoms with Gasteiger partial charge in [-0.1, -0.05) is 12.1 Å². The molecule has 3 nitrogen and oxygen atoms in total. The van der Waals surface area contributed by atoms with Gasteiger partial charge in [0.15, 0.2) is 0 Å². The van der Waals surface area contributed by atoms with E-state index < -0.39 is 0 Å². The quantitative estimate of drug-likeness (QED) is 0.915. The van der Waals surface area contributed by atoms with Gasteiger partial charge < -0.3 is 10.2 Å². The van der Waals surface area contributed by atoms with Gasteiger partial charge in [-0.2, -0.15) is 0 Å². The van der Waals surface area contributed by atoms with Crippen LogP contribution in [0, 0.1) is 19.8 Å². The Kier molecular flexibility index (Phi) is 5.18.